The van der Waals surface area contributed by atoms with Crippen LogP contribution in [0.15, 0.2) is 83.8 Å². The number of hydrogen-bond donors (Lipinski definition) is 1. The van der Waals surface area contributed by atoms with E-state index in [0.29, 0.717) is 24.3 Å². The van der Waals surface area contributed by atoms with Crippen LogP contribution in [0.25, 0.3) is 0 Å². The summed E-state index contributed by atoms with van der Waals surface area (Å²) >= 11 is 0. The highest BCUT2D eigenvalue weighted by molar-refractivity contribution is 7.90. The molecule has 156 valence electrons. The van der Waals surface area contributed by atoms with Crippen LogP contribution in [0.3, 0.4) is 0 Å². The number of para-hydroxylation sites is 1. The quantitative estimate of drug-likeness (QED) is 0.577. The Balaban J connectivity index is 1.74. The summed E-state index contributed by atoms with van der Waals surface area (Å²) in [4.78, 5) is 13.2. The van der Waals surface area contributed by atoms with E-state index in [2.05, 4.69) is 5.32 Å². The fourth-order valence-electron chi connectivity index (χ4n) is 3.12. The van der Waals surface area contributed by atoms with E-state index in [0.717, 1.165) is 11.1 Å². The van der Waals surface area contributed by atoms with Gasteiger partial charge < -0.3 is 10.1 Å². The van der Waals surface area contributed by atoms with E-state index in [-0.39, 0.29) is 16.8 Å². The zero-order valence-electron chi connectivity index (χ0n) is 17.0. The molecule has 0 bridgehead atoms. The normalized spacial score (nSPS) is 12.2. The van der Waals surface area contributed by atoms with Gasteiger partial charge in [-0.25, -0.2) is 8.42 Å². The fourth-order valence-corrected chi connectivity index (χ4v) is 3.75. The number of nitrogens with one attached hydrogen (secondary N) is 1. The molecule has 0 aromatic heterocycles. The standard InChI is InChI=1S/C24H25NO4S/c1-3-22(19-13-15-20(16-14-19)30(2,27)28)25-24(26)21-11-7-8-12-23(21)29-17-18-9-5-4-6-10-18/h4-16,22H,3,17H2,1-2H3,(H,25,26). The molecule has 0 radical (unpaired) electrons. The first-order valence-corrected chi connectivity index (χ1v) is 11.6. The number of rotatable bonds is 8. The molecule has 1 amide bonds. The predicted molar refractivity (Wildman–Crippen MR) is 117 cm³/mol. The molecule has 30 heavy (non-hydrogen) atoms. The summed E-state index contributed by atoms with van der Waals surface area (Å²) in [6, 6.07) is 23.3. The van der Waals surface area contributed by atoms with Crippen molar-refractivity contribution in [2.75, 3.05) is 6.26 Å². The van der Waals surface area contributed by atoms with E-state index in [1.807, 2.05) is 43.3 Å². The third kappa shape index (κ3) is 5.48. The van der Waals surface area contributed by atoms with Gasteiger partial charge in [0.15, 0.2) is 9.84 Å². The highest BCUT2D eigenvalue weighted by atomic mass is 32.2. The summed E-state index contributed by atoms with van der Waals surface area (Å²) in [7, 11) is -3.26. The number of ether oxygens (including phenoxy) is 1. The first-order chi connectivity index (χ1) is 14.4. The van der Waals surface area contributed by atoms with E-state index in [4.69, 9.17) is 4.74 Å². The molecule has 0 saturated carbocycles. The van der Waals surface area contributed by atoms with Gasteiger partial charge in [-0.3, -0.25) is 4.79 Å². The van der Waals surface area contributed by atoms with Gasteiger partial charge in [-0.15, -0.1) is 0 Å². The van der Waals surface area contributed by atoms with Gasteiger partial charge in [-0.05, 0) is 41.8 Å². The van der Waals surface area contributed by atoms with Crippen molar-refractivity contribution in [2.45, 2.75) is 30.9 Å². The minimum absolute atomic E-state index is 0.238. The summed E-state index contributed by atoms with van der Waals surface area (Å²) < 4.78 is 29.2. The van der Waals surface area contributed by atoms with Crippen LogP contribution in [0.2, 0.25) is 0 Å². The highest BCUT2D eigenvalue weighted by Crippen LogP contribution is 2.23. The maximum atomic E-state index is 13.0. The molecule has 3 rings (SSSR count). The molecule has 0 aliphatic carbocycles. The van der Waals surface area contributed by atoms with Crippen molar-refractivity contribution in [2.24, 2.45) is 0 Å². The number of carbonyl (C=O) groups excluding carboxylic acids is 1. The van der Waals surface area contributed by atoms with Crippen LogP contribution in [0.5, 0.6) is 5.75 Å². The lowest BCUT2D eigenvalue weighted by molar-refractivity contribution is 0.0931. The smallest absolute Gasteiger partial charge is 0.255 e. The van der Waals surface area contributed by atoms with Gasteiger partial charge in [0.05, 0.1) is 16.5 Å². The zero-order valence-corrected chi connectivity index (χ0v) is 17.9. The predicted octanol–water partition coefficient (Wildman–Crippen LogP) is 4.55. The van der Waals surface area contributed by atoms with Gasteiger partial charge in [-0.1, -0.05) is 61.5 Å². The van der Waals surface area contributed by atoms with Crippen LogP contribution in [0.1, 0.15) is 40.9 Å². The van der Waals surface area contributed by atoms with Crippen molar-refractivity contribution >= 4 is 15.7 Å². The summed E-state index contributed by atoms with van der Waals surface area (Å²) in [5, 5.41) is 3.03. The van der Waals surface area contributed by atoms with Crippen LogP contribution >= 0.6 is 0 Å². The molecule has 3 aromatic rings. The molecule has 0 fully saturated rings. The molecule has 0 saturated heterocycles. The van der Waals surface area contributed by atoms with Crippen LogP contribution in [0, 0.1) is 0 Å². The van der Waals surface area contributed by atoms with Crippen molar-refractivity contribution in [3.63, 3.8) is 0 Å². The SMILES string of the molecule is CCC(NC(=O)c1ccccc1OCc1ccccc1)c1ccc(S(C)(=O)=O)cc1. The van der Waals surface area contributed by atoms with Gasteiger partial charge in [-0.2, -0.15) is 0 Å². The number of benzene rings is 3. The first-order valence-electron chi connectivity index (χ1n) is 9.75. The molecule has 3 aromatic carbocycles. The van der Waals surface area contributed by atoms with Crippen LogP contribution in [0.4, 0.5) is 0 Å². The zero-order chi connectivity index (χ0) is 21.6. The molecular weight excluding hydrogens is 398 g/mol. The molecule has 6 heteroatoms. The lowest BCUT2D eigenvalue weighted by Crippen LogP contribution is -2.28. The van der Waals surface area contributed by atoms with Gasteiger partial charge in [0.2, 0.25) is 0 Å². The second kappa shape index (κ2) is 9.59. The van der Waals surface area contributed by atoms with Crippen molar-refractivity contribution in [3.05, 3.63) is 95.6 Å². The maximum absolute atomic E-state index is 13.0. The summed E-state index contributed by atoms with van der Waals surface area (Å²) in [5.41, 5.74) is 2.32. The molecule has 0 aliphatic rings. The third-order valence-corrected chi connectivity index (χ3v) is 5.92. The number of sulfone groups is 1. The molecule has 0 aliphatic heterocycles. The van der Waals surface area contributed by atoms with E-state index in [1.54, 1.807) is 42.5 Å². The lowest BCUT2D eigenvalue weighted by Gasteiger charge is -2.19. The second-order valence-electron chi connectivity index (χ2n) is 7.05. The van der Waals surface area contributed by atoms with Crippen molar-refractivity contribution < 1.29 is 17.9 Å². The van der Waals surface area contributed by atoms with Crippen molar-refractivity contribution in [1.29, 1.82) is 0 Å². The Labute approximate surface area is 177 Å². The van der Waals surface area contributed by atoms with Gasteiger partial charge in [0.1, 0.15) is 12.4 Å². The Morgan fingerprint density at radius 1 is 0.933 bits per heavy atom. The van der Waals surface area contributed by atoms with Gasteiger partial charge >= 0.3 is 0 Å². The Bertz CT molecular complexity index is 1090. The molecule has 1 atom stereocenters. The molecule has 1 N–H and O–H groups in total. The van der Waals surface area contributed by atoms with Crippen molar-refractivity contribution in [3.8, 4) is 5.75 Å². The molecule has 1 unspecified atom stereocenters. The number of amides is 1. The van der Waals surface area contributed by atoms with Gasteiger partial charge in [0, 0.05) is 6.26 Å². The second-order valence-corrected chi connectivity index (χ2v) is 9.06. The number of hydrogen-bond acceptors (Lipinski definition) is 4. The van der Waals surface area contributed by atoms with Crippen molar-refractivity contribution in [1.82, 2.24) is 5.32 Å². The van der Waals surface area contributed by atoms with E-state index >= 15 is 0 Å². The Hall–Kier alpha value is -3.12. The Morgan fingerprint density at radius 3 is 2.20 bits per heavy atom. The largest absolute Gasteiger partial charge is 0.488 e. The third-order valence-electron chi connectivity index (χ3n) is 4.79. The molecule has 5 nitrogen and oxygen atoms in total. The first kappa shape index (κ1) is 21.6. The van der Waals surface area contributed by atoms with E-state index in [1.165, 1.54) is 6.26 Å². The minimum Gasteiger partial charge on any atom is -0.488 e. The monoisotopic (exact) mass is 423 g/mol. The molecule has 0 heterocycles. The average molecular weight is 424 g/mol. The summed E-state index contributed by atoms with van der Waals surface area (Å²) in [6.45, 7) is 2.34. The summed E-state index contributed by atoms with van der Waals surface area (Å²) in [6.07, 6.45) is 1.84. The average Bonchev–Trinajstić information content (AvgIpc) is 2.76. The van der Waals surface area contributed by atoms with Gasteiger partial charge in [0.25, 0.3) is 5.91 Å². The summed E-state index contributed by atoms with van der Waals surface area (Å²) in [5.74, 6) is 0.277. The molecular formula is C24H25NO4S. The molecule has 0 spiro atoms. The fraction of sp³-hybridized carbons (Fsp3) is 0.208. The van der Waals surface area contributed by atoms with E-state index < -0.39 is 9.84 Å². The van der Waals surface area contributed by atoms with Crippen LogP contribution in [-0.4, -0.2) is 20.6 Å². The Morgan fingerprint density at radius 2 is 1.57 bits per heavy atom. The topological polar surface area (TPSA) is 72.5 Å². The maximum Gasteiger partial charge on any atom is 0.255 e. The Kier molecular flexibility index (Phi) is 6.90. The minimum atomic E-state index is -3.26. The number of carbonyl (C=O) groups is 1. The van der Waals surface area contributed by atoms with E-state index in [9.17, 15) is 13.2 Å². The highest BCUT2D eigenvalue weighted by Gasteiger charge is 2.18. The van der Waals surface area contributed by atoms with Crippen LogP contribution < -0.4 is 10.1 Å². The van der Waals surface area contributed by atoms with Crippen LogP contribution in [-0.2, 0) is 16.4 Å². The lowest BCUT2D eigenvalue weighted by atomic mass is 10.0.